The van der Waals surface area contributed by atoms with Gasteiger partial charge in [0.15, 0.2) is 0 Å². The van der Waals surface area contributed by atoms with Gasteiger partial charge in [-0.05, 0) is 25.1 Å². The van der Waals surface area contributed by atoms with Crippen LogP contribution < -0.4 is 15.6 Å². The highest BCUT2D eigenvalue weighted by atomic mass is 16.6. The number of anilines is 2. The normalized spacial score (nSPS) is 10.6. The maximum Gasteiger partial charge on any atom is 0.293 e. The number of nitrogens with one attached hydrogen (secondary N) is 2. The fourth-order valence-corrected chi connectivity index (χ4v) is 2.47. The van der Waals surface area contributed by atoms with Gasteiger partial charge in [0.1, 0.15) is 5.69 Å². The van der Waals surface area contributed by atoms with E-state index in [-0.39, 0.29) is 24.4 Å². The van der Waals surface area contributed by atoms with Crippen molar-refractivity contribution in [3.8, 4) is 0 Å². The van der Waals surface area contributed by atoms with E-state index in [9.17, 15) is 19.7 Å². The van der Waals surface area contributed by atoms with Crippen molar-refractivity contribution >= 4 is 35.1 Å². The number of amides is 2. The Morgan fingerprint density at radius 1 is 1.10 bits per heavy atom. The predicted octanol–water partition coefficient (Wildman–Crippen LogP) is 2.84. The number of hydrogen-bond acceptors (Lipinski definition) is 6. The first kappa shape index (κ1) is 21.5. The maximum absolute atomic E-state index is 11.9. The van der Waals surface area contributed by atoms with Crippen LogP contribution in [0.2, 0.25) is 0 Å². The molecule has 2 rings (SSSR count). The highest BCUT2D eigenvalue weighted by Gasteiger charge is 2.15. The molecule has 2 aromatic carbocycles. The van der Waals surface area contributed by atoms with Gasteiger partial charge in [-0.3, -0.25) is 19.7 Å². The van der Waals surface area contributed by atoms with Crippen LogP contribution in [0.25, 0.3) is 0 Å². The molecule has 0 bridgehead atoms. The molecule has 0 radical (unpaired) electrons. The molecule has 0 aliphatic carbocycles. The molecule has 29 heavy (non-hydrogen) atoms. The fourth-order valence-electron chi connectivity index (χ4n) is 2.47. The van der Waals surface area contributed by atoms with Crippen molar-refractivity contribution in [2.45, 2.75) is 19.8 Å². The molecule has 0 aliphatic rings. The Hall–Kier alpha value is -3.75. The summed E-state index contributed by atoms with van der Waals surface area (Å²) in [6, 6.07) is 12.0. The molecule has 0 heterocycles. The summed E-state index contributed by atoms with van der Waals surface area (Å²) in [6.07, 6.45) is 1.30. The van der Waals surface area contributed by atoms with E-state index in [1.165, 1.54) is 12.3 Å². The molecular weight excluding hydrogens is 374 g/mol. The quantitative estimate of drug-likeness (QED) is 0.403. The molecule has 0 unspecified atom stereocenters. The second-order valence-corrected chi connectivity index (χ2v) is 6.61. The Bertz CT molecular complexity index is 923. The van der Waals surface area contributed by atoms with E-state index < -0.39 is 10.8 Å². The molecule has 2 aromatic rings. The predicted molar refractivity (Wildman–Crippen MR) is 112 cm³/mol. The molecule has 0 aromatic heterocycles. The average molecular weight is 397 g/mol. The van der Waals surface area contributed by atoms with Gasteiger partial charge in [-0.1, -0.05) is 23.8 Å². The topological polar surface area (TPSA) is 117 Å². The lowest BCUT2D eigenvalue weighted by molar-refractivity contribution is -0.384. The van der Waals surface area contributed by atoms with Crippen molar-refractivity contribution in [3.63, 3.8) is 0 Å². The Morgan fingerprint density at radius 2 is 1.76 bits per heavy atom. The van der Waals surface area contributed by atoms with Crippen molar-refractivity contribution in [2.75, 3.05) is 24.3 Å². The second kappa shape index (κ2) is 9.98. The Kier molecular flexibility index (Phi) is 7.41. The fraction of sp³-hybridized carbons (Fsp3) is 0.250. The van der Waals surface area contributed by atoms with Gasteiger partial charge in [0.2, 0.25) is 11.8 Å². The van der Waals surface area contributed by atoms with Crippen LogP contribution in [0, 0.1) is 17.0 Å². The molecule has 152 valence electrons. The van der Waals surface area contributed by atoms with Gasteiger partial charge in [-0.2, -0.15) is 5.10 Å². The van der Waals surface area contributed by atoms with E-state index in [0.29, 0.717) is 16.9 Å². The third kappa shape index (κ3) is 6.73. The minimum Gasteiger partial charge on any atom is -0.372 e. The molecule has 0 atom stereocenters. The second-order valence-electron chi connectivity index (χ2n) is 6.61. The lowest BCUT2D eigenvalue weighted by atomic mass is 10.2. The van der Waals surface area contributed by atoms with Crippen molar-refractivity contribution < 1.29 is 14.5 Å². The highest BCUT2D eigenvalue weighted by molar-refractivity contribution is 5.93. The molecule has 0 aliphatic heterocycles. The summed E-state index contributed by atoms with van der Waals surface area (Å²) in [7, 11) is 3.43. The zero-order chi connectivity index (χ0) is 21.4. The van der Waals surface area contributed by atoms with Crippen LogP contribution in [-0.4, -0.2) is 37.0 Å². The number of aryl methyl sites for hydroxylation is 1. The van der Waals surface area contributed by atoms with Crippen LogP contribution in [0.1, 0.15) is 24.0 Å². The Balaban J connectivity index is 1.84. The molecular formula is C20H23N5O4. The molecule has 0 saturated heterocycles. The summed E-state index contributed by atoms with van der Waals surface area (Å²) in [4.78, 5) is 36.1. The minimum absolute atomic E-state index is 0.0121. The van der Waals surface area contributed by atoms with Gasteiger partial charge in [0.25, 0.3) is 5.69 Å². The van der Waals surface area contributed by atoms with Gasteiger partial charge in [-0.25, -0.2) is 5.43 Å². The number of hydrogen-bond donors (Lipinski definition) is 2. The van der Waals surface area contributed by atoms with Crippen LogP contribution in [-0.2, 0) is 9.59 Å². The number of nitrogens with zero attached hydrogens (tertiary/aromatic N) is 3. The molecule has 0 fully saturated rings. The van der Waals surface area contributed by atoms with Gasteiger partial charge in [0, 0.05) is 44.3 Å². The van der Waals surface area contributed by atoms with Crippen LogP contribution in [0.15, 0.2) is 47.6 Å². The van der Waals surface area contributed by atoms with E-state index >= 15 is 0 Å². The first-order valence-corrected chi connectivity index (χ1v) is 8.90. The van der Waals surface area contributed by atoms with Crippen LogP contribution in [0.4, 0.5) is 17.1 Å². The molecule has 0 saturated carbocycles. The summed E-state index contributed by atoms with van der Waals surface area (Å²) in [5.41, 5.74) is 4.95. The molecule has 2 amide bonds. The zero-order valence-corrected chi connectivity index (χ0v) is 16.5. The van der Waals surface area contributed by atoms with E-state index in [1.54, 1.807) is 43.3 Å². The standard InChI is InChI=1S/C20H23N5O4/c1-14-4-7-16(8-5-14)22-19(26)10-11-20(27)23-21-13-15-6-9-17(24(2)3)18(12-15)25(28)29/h4-9,12-13H,10-11H2,1-3H3,(H,22,26)(H,23,27). The molecule has 0 spiro atoms. The smallest absolute Gasteiger partial charge is 0.293 e. The van der Waals surface area contributed by atoms with Gasteiger partial charge >= 0.3 is 0 Å². The minimum atomic E-state index is -0.474. The maximum atomic E-state index is 11.9. The van der Waals surface area contributed by atoms with Gasteiger partial charge in [0.05, 0.1) is 11.1 Å². The van der Waals surface area contributed by atoms with E-state index in [2.05, 4.69) is 15.8 Å². The summed E-state index contributed by atoms with van der Waals surface area (Å²) >= 11 is 0. The van der Waals surface area contributed by atoms with Gasteiger partial charge in [-0.15, -0.1) is 0 Å². The first-order chi connectivity index (χ1) is 13.8. The molecule has 9 nitrogen and oxygen atoms in total. The third-order valence-corrected chi connectivity index (χ3v) is 4.00. The van der Waals surface area contributed by atoms with Crippen molar-refractivity contribution in [2.24, 2.45) is 5.10 Å². The van der Waals surface area contributed by atoms with Gasteiger partial charge < -0.3 is 10.2 Å². The lowest BCUT2D eigenvalue weighted by Crippen LogP contribution is -2.20. The van der Waals surface area contributed by atoms with E-state index in [4.69, 9.17) is 0 Å². The average Bonchev–Trinajstić information content (AvgIpc) is 2.68. The van der Waals surface area contributed by atoms with Crippen LogP contribution in [0.5, 0.6) is 0 Å². The lowest BCUT2D eigenvalue weighted by Gasteiger charge is -2.12. The number of carbonyl (C=O) groups is 2. The summed E-state index contributed by atoms with van der Waals surface area (Å²) in [6.45, 7) is 1.95. The number of nitro groups is 1. The van der Waals surface area contributed by atoms with Crippen molar-refractivity contribution in [3.05, 3.63) is 63.7 Å². The summed E-state index contributed by atoms with van der Waals surface area (Å²) in [5.74, 6) is -0.706. The van der Waals surface area contributed by atoms with Crippen molar-refractivity contribution in [1.82, 2.24) is 5.43 Å². The Labute approximate surface area is 168 Å². The number of rotatable bonds is 8. The zero-order valence-electron chi connectivity index (χ0n) is 16.5. The largest absolute Gasteiger partial charge is 0.372 e. The number of carbonyl (C=O) groups excluding carboxylic acids is 2. The van der Waals surface area contributed by atoms with Crippen LogP contribution in [0.3, 0.4) is 0 Å². The first-order valence-electron chi connectivity index (χ1n) is 8.90. The molecule has 2 N–H and O–H groups in total. The monoisotopic (exact) mass is 397 g/mol. The SMILES string of the molecule is Cc1ccc(NC(=O)CCC(=O)NN=Cc2ccc(N(C)C)c([N+](=O)[O-])c2)cc1. The van der Waals surface area contributed by atoms with E-state index in [1.807, 2.05) is 19.1 Å². The van der Waals surface area contributed by atoms with E-state index in [0.717, 1.165) is 5.56 Å². The third-order valence-electron chi connectivity index (χ3n) is 4.00. The summed E-state index contributed by atoms with van der Waals surface area (Å²) < 4.78 is 0. The molecule has 9 heteroatoms. The number of nitro benzene ring substituents is 1. The van der Waals surface area contributed by atoms with Crippen molar-refractivity contribution in [1.29, 1.82) is 0 Å². The Morgan fingerprint density at radius 3 is 2.38 bits per heavy atom. The highest BCUT2D eigenvalue weighted by Crippen LogP contribution is 2.27. The van der Waals surface area contributed by atoms with Crippen LogP contribution >= 0.6 is 0 Å². The number of benzene rings is 2. The number of hydrazone groups is 1. The summed E-state index contributed by atoms with van der Waals surface area (Å²) in [5, 5.41) is 17.7.